The van der Waals surface area contributed by atoms with E-state index in [1.807, 2.05) is 60.7 Å². The summed E-state index contributed by atoms with van der Waals surface area (Å²) in [6.07, 6.45) is 8.68. The molecule has 0 fully saturated rings. The Labute approximate surface area is 333 Å². The predicted molar refractivity (Wildman–Crippen MR) is 222 cm³/mol. The zero-order chi connectivity index (χ0) is 40.6. The molecule has 0 aliphatic heterocycles. The van der Waals surface area contributed by atoms with E-state index >= 15 is 0 Å². The van der Waals surface area contributed by atoms with Crippen molar-refractivity contribution in [1.82, 2.24) is 9.13 Å². The highest BCUT2D eigenvalue weighted by Crippen LogP contribution is 2.48. The SMILES string of the molecule is COc1cc2c3cc(OC)c(OC)cc3n(C3=CCC4=C5CC=C(n6c7cc(OC)c(OC)cc7c7cc(OC)c(OC)cc76)C=C5C(=O)C(=O)C4=C3)c2cc1OC. The number of fused-ring (bicyclic) bond motifs is 8. The molecule has 4 aromatic carbocycles. The number of carbonyl (C=O) groups is 2. The lowest BCUT2D eigenvalue weighted by molar-refractivity contribution is -0.132. The maximum atomic E-state index is 14.3. The first kappa shape index (κ1) is 36.6. The van der Waals surface area contributed by atoms with E-state index in [1.165, 1.54) is 0 Å². The lowest BCUT2D eigenvalue weighted by Crippen LogP contribution is -2.29. The zero-order valence-electron chi connectivity index (χ0n) is 33.3. The summed E-state index contributed by atoms with van der Waals surface area (Å²) in [5.74, 6) is 3.36. The van der Waals surface area contributed by atoms with Crippen LogP contribution in [-0.2, 0) is 9.59 Å². The molecule has 0 amide bonds. The molecule has 294 valence electrons. The molecule has 12 nitrogen and oxygen atoms in total. The van der Waals surface area contributed by atoms with Crippen LogP contribution in [0.4, 0.5) is 0 Å². The van der Waals surface area contributed by atoms with Gasteiger partial charge < -0.3 is 47.0 Å². The molecule has 6 aromatic rings. The number of aromatic nitrogens is 2. The van der Waals surface area contributed by atoms with E-state index in [0.717, 1.165) is 66.2 Å². The summed E-state index contributed by atoms with van der Waals surface area (Å²) in [6.45, 7) is 0. The predicted octanol–water partition coefficient (Wildman–Crippen LogP) is 8.46. The highest BCUT2D eigenvalue weighted by atomic mass is 16.5. The summed E-state index contributed by atoms with van der Waals surface area (Å²) < 4.78 is 49.6. The van der Waals surface area contributed by atoms with Crippen molar-refractivity contribution in [2.75, 3.05) is 56.9 Å². The van der Waals surface area contributed by atoms with Crippen LogP contribution in [-0.4, -0.2) is 77.6 Å². The van der Waals surface area contributed by atoms with Gasteiger partial charge in [-0.15, -0.1) is 0 Å². The molecule has 0 bridgehead atoms. The Hall–Kier alpha value is -7.08. The topological polar surface area (TPSA) is 118 Å². The number of hydrogen-bond acceptors (Lipinski definition) is 10. The number of ether oxygens (including phenoxy) is 8. The monoisotopic (exact) mass is 780 g/mol. The van der Waals surface area contributed by atoms with Crippen LogP contribution in [0.15, 0.2) is 95.1 Å². The fourth-order valence-electron chi connectivity index (χ4n) is 8.65. The zero-order valence-corrected chi connectivity index (χ0v) is 33.3. The molecule has 0 atom stereocenters. The Kier molecular flexibility index (Phi) is 8.72. The van der Waals surface area contributed by atoms with Gasteiger partial charge in [-0.3, -0.25) is 9.59 Å². The van der Waals surface area contributed by atoms with E-state index in [9.17, 15) is 9.59 Å². The summed E-state index contributed by atoms with van der Waals surface area (Å²) in [6, 6.07) is 15.4. The number of benzene rings is 4. The van der Waals surface area contributed by atoms with E-state index in [0.29, 0.717) is 70.0 Å². The van der Waals surface area contributed by atoms with E-state index in [1.54, 1.807) is 56.9 Å². The van der Waals surface area contributed by atoms with Crippen molar-refractivity contribution in [2.45, 2.75) is 12.8 Å². The Morgan fingerprint density at radius 3 is 0.862 bits per heavy atom. The van der Waals surface area contributed by atoms with Crippen LogP contribution in [0.5, 0.6) is 46.0 Å². The third kappa shape index (κ3) is 5.20. The molecule has 0 unspecified atom stereocenters. The van der Waals surface area contributed by atoms with Crippen molar-refractivity contribution in [1.29, 1.82) is 0 Å². The van der Waals surface area contributed by atoms with Crippen molar-refractivity contribution >= 4 is 66.6 Å². The molecule has 0 saturated heterocycles. The van der Waals surface area contributed by atoms with Gasteiger partial charge in [0.2, 0.25) is 11.6 Å². The summed E-state index contributed by atoms with van der Waals surface area (Å²) in [5.41, 5.74) is 7.16. The van der Waals surface area contributed by atoms with Gasteiger partial charge in [0.05, 0.1) is 78.9 Å². The highest BCUT2D eigenvalue weighted by Gasteiger charge is 2.38. The molecule has 58 heavy (non-hydrogen) atoms. The van der Waals surface area contributed by atoms with E-state index in [-0.39, 0.29) is 0 Å². The molecule has 12 heteroatoms. The number of carbonyl (C=O) groups excluding carboxylic acids is 2. The Morgan fingerprint density at radius 2 is 0.621 bits per heavy atom. The van der Waals surface area contributed by atoms with Gasteiger partial charge in [-0.2, -0.15) is 0 Å². The van der Waals surface area contributed by atoms with Gasteiger partial charge in [-0.05, 0) is 60.4 Å². The number of methoxy groups -OCH3 is 8. The van der Waals surface area contributed by atoms with Crippen molar-refractivity contribution in [2.24, 2.45) is 0 Å². The molecule has 2 heterocycles. The first-order valence-corrected chi connectivity index (χ1v) is 18.5. The maximum Gasteiger partial charge on any atom is 0.233 e. The maximum absolute atomic E-state index is 14.3. The number of nitrogens with zero attached hydrogens (tertiary/aromatic N) is 2. The minimum absolute atomic E-state index is 0.382. The Balaban J connectivity index is 1.20. The summed E-state index contributed by atoms with van der Waals surface area (Å²) in [4.78, 5) is 28.5. The number of hydrogen-bond donors (Lipinski definition) is 0. The second-order valence-electron chi connectivity index (χ2n) is 14.0. The molecule has 0 radical (unpaired) electrons. The van der Waals surface area contributed by atoms with E-state index < -0.39 is 11.6 Å². The second kappa shape index (κ2) is 13.8. The number of allylic oxidation sites excluding steroid dienone is 10. The first-order chi connectivity index (χ1) is 28.2. The normalized spacial score (nSPS) is 15.2. The van der Waals surface area contributed by atoms with Gasteiger partial charge in [-0.1, -0.05) is 12.2 Å². The van der Waals surface area contributed by atoms with Gasteiger partial charge in [0.1, 0.15) is 0 Å². The molecule has 0 saturated carbocycles. The Bertz CT molecular complexity index is 2630. The molecule has 0 spiro atoms. The standard InChI is InChI=1S/C46H40N2O10/c1-51-37-15-27-28-16-38(52-2)42(56-6)20-34(28)47(33(27)19-41(37)55-5)23-9-11-25-26-12-10-24(14-32(26)46(50)45(49)31(25)13-23)48-35-21-43(57-7)39(53-3)17-29(35)30-18-40(54-4)44(58-8)22-36(30)48/h9-10,13-22H,11-12H2,1-8H3. The van der Waals surface area contributed by atoms with Gasteiger partial charge in [-0.25, -0.2) is 0 Å². The fraction of sp³-hybridized carbons (Fsp3) is 0.217. The number of ketones is 2. The quantitative estimate of drug-likeness (QED) is 0.125. The largest absolute Gasteiger partial charge is 0.493 e. The van der Waals surface area contributed by atoms with Crippen LogP contribution >= 0.6 is 0 Å². The highest BCUT2D eigenvalue weighted by molar-refractivity contribution is 6.52. The first-order valence-electron chi connectivity index (χ1n) is 18.5. The van der Waals surface area contributed by atoms with Crippen LogP contribution in [0.25, 0.3) is 55.0 Å². The molecule has 3 aliphatic carbocycles. The average molecular weight is 781 g/mol. The smallest absolute Gasteiger partial charge is 0.233 e. The Morgan fingerprint density at radius 1 is 0.379 bits per heavy atom. The average Bonchev–Trinajstić information content (AvgIpc) is 3.75. The number of Topliss-reactive ketones (excluding diaryl/α,β-unsaturated/α-hetero) is 2. The van der Waals surface area contributed by atoms with Crippen molar-refractivity contribution in [3.63, 3.8) is 0 Å². The lowest BCUT2D eigenvalue weighted by atomic mass is 9.75. The summed E-state index contributed by atoms with van der Waals surface area (Å²) in [5, 5.41) is 3.54. The molecular formula is C46H40N2O10. The second-order valence-corrected chi connectivity index (χ2v) is 14.0. The fourth-order valence-corrected chi connectivity index (χ4v) is 8.65. The van der Waals surface area contributed by atoms with Gasteiger partial charge in [0.15, 0.2) is 46.0 Å². The van der Waals surface area contributed by atoms with Gasteiger partial charge >= 0.3 is 0 Å². The van der Waals surface area contributed by atoms with Crippen LogP contribution < -0.4 is 37.9 Å². The van der Waals surface area contributed by atoms with Crippen molar-refractivity contribution in [3.8, 4) is 46.0 Å². The third-order valence-electron chi connectivity index (χ3n) is 11.4. The third-order valence-corrected chi connectivity index (χ3v) is 11.4. The van der Waals surface area contributed by atoms with Crippen LogP contribution in [0.3, 0.4) is 0 Å². The number of rotatable bonds is 10. The molecule has 0 N–H and O–H groups in total. The van der Waals surface area contributed by atoms with E-state index in [2.05, 4.69) is 21.3 Å². The van der Waals surface area contributed by atoms with Crippen LogP contribution in [0.2, 0.25) is 0 Å². The van der Waals surface area contributed by atoms with Crippen LogP contribution in [0, 0.1) is 0 Å². The molecule has 3 aliphatic rings. The van der Waals surface area contributed by atoms with Crippen molar-refractivity contribution in [3.05, 3.63) is 95.1 Å². The lowest BCUT2D eigenvalue weighted by Gasteiger charge is -2.29. The van der Waals surface area contributed by atoms with E-state index in [4.69, 9.17) is 37.9 Å². The minimum atomic E-state index is -0.559. The minimum Gasteiger partial charge on any atom is -0.493 e. The van der Waals surface area contributed by atoms with Gasteiger partial charge in [0, 0.05) is 68.4 Å². The molecule has 2 aromatic heterocycles. The summed E-state index contributed by atoms with van der Waals surface area (Å²) >= 11 is 0. The van der Waals surface area contributed by atoms with Crippen molar-refractivity contribution < 1.29 is 47.5 Å². The van der Waals surface area contributed by atoms with Crippen LogP contribution in [0.1, 0.15) is 12.8 Å². The summed E-state index contributed by atoms with van der Waals surface area (Å²) in [7, 11) is 12.8. The molecule has 9 rings (SSSR count). The molecular weight excluding hydrogens is 741 g/mol. The van der Waals surface area contributed by atoms with Gasteiger partial charge in [0.25, 0.3) is 0 Å².